The smallest absolute Gasteiger partial charge is 0.235 e. The minimum atomic E-state index is -3.23. The van der Waals surface area contributed by atoms with E-state index in [1.165, 1.54) is 0 Å². The van der Waals surface area contributed by atoms with Crippen molar-refractivity contribution in [2.75, 3.05) is 18.1 Å². The van der Waals surface area contributed by atoms with Crippen LogP contribution in [0.25, 0.3) is 0 Å². The molecule has 1 fully saturated rings. The third-order valence-corrected chi connectivity index (χ3v) is 4.68. The van der Waals surface area contributed by atoms with Crippen molar-refractivity contribution in [3.05, 3.63) is 0 Å². The standard InChI is InChI=1S/C10H20N2O3S.ClH/c1-2-16(14,15)7-10(13)12-9-5-3-4-8(9)6-11;/h8-9H,2-7,11H2,1H3,(H,12,13);1H. The molecule has 7 heteroatoms. The third-order valence-electron chi connectivity index (χ3n) is 3.10. The fraction of sp³-hybridized carbons (Fsp3) is 0.900. The van der Waals surface area contributed by atoms with E-state index < -0.39 is 21.5 Å². The summed E-state index contributed by atoms with van der Waals surface area (Å²) in [5.41, 5.74) is 5.58. The predicted molar refractivity (Wildman–Crippen MR) is 69.9 cm³/mol. The van der Waals surface area contributed by atoms with Crippen LogP contribution in [0.4, 0.5) is 0 Å². The number of sulfone groups is 1. The lowest BCUT2D eigenvalue weighted by atomic mass is 10.0. The number of amides is 1. The lowest BCUT2D eigenvalue weighted by Gasteiger charge is -2.19. The van der Waals surface area contributed by atoms with Gasteiger partial charge in [-0.3, -0.25) is 4.79 Å². The first-order valence-corrected chi connectivity index (χ1v) is 7.50. The van der Waals surface area contributed by atoms with Gasteiger partial charge in [0, 0.05) is 11.8 Å². The lowest BCUT2D eigenvalue weighted by molar-refractivity contribution is -0.119. The molecule has 1 aliphatic carbocycles. The molecule has 2 atom stereocenters. The summed E-state index contributed by atoms with van der Waals surface area (Å²) >= 11 is 0. The Morgan fingerprint density at radius 2 is 2.06 bits per heavy atom. The molecule has 1 amide bonds. The highest BCUT2D eigenvalue weighted by Crippen LogP contribution is 2.24. The zero-order valence-corrected chi connectivity index (χ0v) is 11.6. The molecule has 0 spiro atoms. The molecule has 5 nitrogen and oxygen atoms in total. The van der Waals surface area contributed by atoms with Gasteiger partial charge in [0.2, 0.25) is 5.91 Å². The van der Waals surface area contributed by atoms with Gasteiger partial charge in [-0.2, -0.15) is 0 Å². The number of nitrogens with two attached hydrogens (primary N) is 1. The van der Waals surface area contributed by atoms with Crippen molar-refractivity contribution in [2.24, 2.45) is 11.7 Å². The van der Waals surface area contributed by atoms with Crippen LogP contribution in [-0.4, -0.2) is 38.4 Å². The number of carbonyl (C=O) groups is 1. The normalized spacial score (nSPS) is 24.1. The van der Waals surface area contributed by atoms with Crippen LogP contribution in [0.15, 0.2) is 0 Å². The van der Waals surface area contributed by atoms with Gasteiger partial charge in [0.1, 0.15) is 5.75 Å². The first-order valence-electron chi connectivity index (χ1n) is 5.68. The summed E-state index contributed by atoms with van der Waals surface area (Å²) in [6.07, 6.45) is 2.97. The molecule has 102 valence electrons. The van der Waals surface area contributed by atoms with Gasteiger partial charge >= 0.3 is 0 Å². The highest BCUT2D eigenvalue weighted by molar-refractivity contribution is 7.92. The molecule has 2 unspecified atom stereocenters. The molecular formula is C10H21ClN2O3S. The second-order valence-corrected chi connectivity index (χ2v) is 6.63. The Hall–Kier alpha value is -0.330. The maximum atomic E-state index is 11.5. The summed E-state index contributed by atoms with van der Waals surface area (Å²) < 4.78 is 22.5. The molecule has 0 aromatic carbocycles. The lowest BCUT2D eigenvalue weighted by Crippen LogP contribution is -2.42. The Labute approximate surface area is 109 Å². The Balaban J connectivity index is 0.00000256. The summed E-state index contributed by atoms with van der Waals surface area (Å²) in [6.45, 7) is 2.09. The average molecular weight is 285 g/mol. The Morgan fingerprint density at radius 1 is 1.41 bits per heavy atom. The van der Waals surface area contributed by atoms with E-state index >= 15 is 0 Å². The minimum absolute atomic E-state index is 0. The molecule has 0 aromatic rings. The van der Waals surface area contributed by atoms with E-state index in [0.717, 1.165) is 19.3 Å². The van der Waals surface area contributed by atoms with Crippen LogP contribution < -0.4 is 11.1 Å². The molecule has 0 saturated heterocycles. The topological polar surface area (TPSA) is 89.3 Å². The molecule has 3 N–H and O–H groups in total. The summed E-state index contributed by atoms with van der Waals surface area (Å²) in [7, 11) is -3.23. The van der Waals surface area contributed by atoms with Crippen LogP contribution in [0.3, 0.4) is 0 Å². The monoisotopic (exact) mass is 284 g/mol. The number of hydrogen-bond acceptors (Lipinski definition) is 4. The number of rotatable bonds is 5. The van der Waals surface area contributed by atoms with Crippen molar-refractivity contribution in [1.29, 1.82) is 0 Å². The number of halogens is 1. The van der Waals surface area contributed by atoms with E-state index in [1.807, 2.05) is 0 Å². The van der Waals surface area contributed by atoms with Crippen molar-refractivity contribution in [1.82, 2.24) is 5.32 Å². The average Bonchev–Trinajstić information content (AvgIpc) is 2.64. The Morgan fingerprint density at radius 3 is 2.59 bits per heavy atom. The molecule has 0 aromatic heterocycles. The van der Waals surface area contributed by atoms with Crippen LogP contribution in [-0.2, 0) is 14.6 Å². The number of nitrogens with one attached hydrogen (secondary N) is 1. The van der Waals surface area contributed by atoms with Gasteiger partial charge in [-0.25, -0.2) is 8.42 Å². The van der Waals surface area contributed by atoms with Crippen molar-refractivity contribution in [2.45, 2.75) is 32.2 Å². The largest absolute Gasteiger partial charge is 0.352 e. The fourth-order valence-electron chi connectivity index (χ4n) is 2.06. The second-order valence-electron chi connectivity index (χ2n) is 4.28. The molecule has 0 aliphatic heterocycles. The fourth-order valence-corrected chi connectivity index (χ4v) is 2.75. The van der Waals surface area contributed by atoms with E-state index in [1.54, 1.807) is 6.92 Å². The maximum Gasteiger partial charge on any atom is 0.235 e. The van der Waals surface area contributed by atoms with Crippen LogP contribution >= 0.6 is 12.4 Å². The first kappa shape index (κ1) is 16.7. The quantitative estimate of drug-likeness (QED) is 0.749. The van der Waals surface area contributed by atoms with Gasteiger partial charge < -0.3 is 11.1 Å². The van der Waals surface area contributed by atoms with E-state index in [0.29, 0.717) is 12.5 Å². The molecule has 0 heterocycles. The van der Waals surface area contributed by atoms with Crippen LogP contribution in [0.5, 0.6) is 0 Å². The highest BCUT2D eigenvalue weighted by Gasteiger charge is 2.28. The zero-order chi connectivity index (χ0) is 12.2. The van der Waals surface area contributed by atoms with Gasteiger partial charge in [0.05, 0.1) is 0 Å². The van der Waals surface area contributed by atoms with Crippen molar-refractivity contribution in [3.8, 4) is 0 Å². The molecule has 1 rings (SSSR count). The zero-order valence-electron chi connectivity index (χ0n) is 10.0. The predicted octanol–water partition coefficient (Wildman–Crippen LogP) is 0.0865. The molecule has 0 bridgehead atoms. The second kappa shape index (κ2) is 7.18. The Kier molecular flexibility index (Phi) is 7.04. The van der Waals surface area contributed by atoms with Crippen molar-refractivity contribution >= 4 is 28.2 Å². The maximum absolute atomic E-state index is 11.5. The van der Waals surface area contributed by atoms with E-state index in [2.05, 4.69) is 5.32 Å². The van der Waals surface area contributed by atoms with E-state index in [4.69, 9.17) is 5.73 Å². The van der Waals surface area contributed by atoms with E-state index in [-0.39, 0.29) is 24.2 Å². The van der Waals surface area contributed by atoms with Crippen molar-refractivity contribution in [3.63, 3.8) is 0 Å². The number of hydrogen-bond donors (Lipinski definition) is 2. The summed E-state index contributed by atoms with van der Waals surface area (Å²) in [5, 5.41) is 2.77. The van der Waals surface area contributed by atoms with Gasteiger partial charge in [-0.1, -0.05) is 13.3 Å². The molecule has 17 heavy (non-hydrogen) atoms. The SMILES string of the molecule is CCS(=O)(=O)CC(=O)NC1CCCC1CN.Cl. The van der Waals surface area contributed by atoms with Gasteiger partial charge in [-0.15, -0.1) is 12.4 Å². The summed E-state index contributed by atoms with van der Waals surface area (Å²) in [6, 6.07) is 0.0598. The third kappa shape index (κ3) is 5.23. The minimum Gasteiger partial charge on any atom is -0.352 e. The van der Waals surface area contributed by atoms with Crippen LogP contribution in [0.1, 0.15) is 26.2 Å². The highest BCUT2D eigenvalue weighted by atomic mass is 35.5. The van der Waals surface area contributed by atoms with E-state index in [9.17, 15) is 13.2 Å². The van der Waals surface area contributed by atoms with Crippen LogP contribution in [0, 0.1) is 5.92 Å². The molecule has 0 radical (unpaired) electrons. The molecule has 1 saturated carbocycles. The van der Waals surface area contributed by atoms with Crippen LogP contribution in [0.2, 0.25) is 0 Å². The number of carbonyl (C=O) groups excluding carboxylic acids is 1. The van der Waals surface area contributed by atoms with Gasteiger partial charge in [0.25, 0.3) is 0 Å². The molecular weight excluding hydrogens is 264 g/mol. The Bertz CT molecular complexity index is 345. The first-order chi connectivity index (χ1) is 7.48. The summed E-state index contributed by atoms with van der Waals surface area (Å²) in [4.78, 5) is 11.5. The molecule has 1 aliphatic rings. The van der Waals surface area contributed by atoms with Gasteiger partial charge in [-0.05, 0) is 25.3 Å². The summed E-state index contributed by atoms with van der Waals surface area (Å²) in [5.74, 6) is -0.497. The van der Waals surface area contributed by atoms with Crippen molar-refractivity contribution < 1.29 is 13.2 Å². The van der Waals surface area contributed by atoms with Gasteiger partial charge in [0.15, 0.2) is 9.84 Å².